The third kappa shape index (κ3) is 13.4. The summed E-state index contributed by atoms with van der Waals surface area (Å²) in [6.07, 6.45) is 16.6. The van der Waals surface area contributed by atoms with Crippen molar-refractivity contribution in [2.45, 2.75) is 64.2 Å². The molecule has 0 aromatic rings. The molecule has 0 bridgehead atoms. The van der Waals surface area contributed by atoms with Gasteiger partial charge in [-0.25, -0.2) is 0 Å². The van der Waals surface area contributed by atoms with Crippen molar-refractivity contribution in [1.82, 2.24) is 0 Å². The average molecular weight is 226 g/mol. The number of allylic oxidation sites excluding steroid dienone is 2. The molecule has 0 aromatic heterocycles. The molecule has 1 N–H and O–H groups in total. The van der Waals surface area contributed by atoms with Crippen molar-refractivity contribution < 1.29 is 9.90 Å². The van der Waals surface area contributed by atoms with Gasteiger partial charge in [-0.3, -0.25) is 4.79 Å². The number of carbonyl (C=O) groups excluding carboxylic acids is 1. The summed E-state index contributed by atoms with van der Waals surface area (Å²) >= 11 is 0. The van der Waals surface area contributed by atoms with Crippen molar-refractivity contribution in [3.63, 3.8) is 0 Å². The van der Waals surface area contributed by atoms with E-state index < -0.39 is 0 Å². The van der Waals surface area contributed by atoms with Crippen LogP contribution in [0.15, 0.2) is 12.2 Å². The van der Waals surface area contributed by atoms with Crippen molar-refractivity contribution in [2.75, 3.05) is 6.61 Å². The van der Waals surface area contributed by atoms with Crippen LogP contribution < -0.4 is 0 Å². The normalized spacial score (nSPS) is 11.1. The molecule has 0 amide bonds. The molecule has 0 rings (SSSR count). The average Bonchev–Trinajstić information content (AvgIpc) is 2.31. The molecular weight excluding hydrogens is 200 g/mol. The van der Waals surface area contributed by atoms with Gasteiger partial charge in [0.25, 0.3) is 0 Å². The summed E-state index contributed by atoms with van der Waals surface area (Å²) in [5, 5.41) is 8.60. The molecule has 0 aliphatic heterocycles. The van der Waals surface area contributed by atoms with Crippen LogP contribution in [0.5, 0.6) is 0 Å². The quantitative estimate of drug-likeness (QED) is 0.313. The molecule has 0 saturated carbocycles. The zero-order chi connectivity index (χ0) is 11.9. The number of aliphatic hydroxyl groups excluding tert-OH is 1. The van der Waals surface area contributed by atoms with Crippen LogP contribution in [0.1, 0.15) is 64.2 Å². The number of aliphatic hydroxyl groups is 1. The van der Waals surface area contributed by atoms with Crippen LogP contribution in [-0.4, -0.2) is 18.0 Å². The molecule has 2 heteroatoms. The molecular formula is C14H26O2. The van der Waals surface area contributed by atoms with Crippen LogP contribution in [0.3, 0.4) is 0 Å². The van der Waals surface area contributed by atoms with Crippen LogP contribution in [0.2, 0.25) is 0 Å². The molecule has 0 unspecified atom stereocenters. The molecule has 2 nitrogen and oxygen atoms in total. The maximum Gasteiger partial charge on any atom is 0.142 e. The van der Waals surface area contributed by atoms with Gasteiger partial charge in [0.1, 0.15) is 6.29 Å². The van der Waals surface area contributed by atoms with Crippen LogP contribution in [0.25, 0.3) is 0 Å². The minimum Gasteiger partial charge on any atom is -0.396 e. The molecule has 0 spiro atoms. The predicted molar refractivity (Wildman–Crippen MR) is 68.5 cm³/mol. The Bertz CT molecular complexity index is 164. The first-order valence-corrected chi connectivity index (χ1v) is 6.63. The van der Waals surface area contributed by atoms with E-state index in [1.54, 1.807) is 6.08 Å². The minimum absolute atomic E-state index is 0.342. The van der Waals surface area contributed by atoms with Crippen LogP contribution >= 0.6 is 0 Å². The summed E-state index contributed by atoms with van der Waals surface area (Å²) in [4.78, 5) is 9.98. The van der Waals surface area contributed by atoms with Crippen LogP contribution in [-0.2, 0) is 4.79 Å². The molecule has 0 saturated heterocycles. The Labute approximate surface area is 99.7 Å². The highest BCUT2D eigenvalue weighted by molar-refractivity contribution is 5.64. The van der Waals surface area contributed by atoms with Gasteiger partial charge in [-0.1, -0.05) is 51.0 Å². The SMILES string of the molecule is O=CC=CCCCCCCCCCCCO. The molecule has 16 heavy (non-hydrogen) atoms. The highest BCUT2D eigenvalue weighted by Crippen LogP contribution is 2.10. The number of unbranched alkanes of at least 4 members (excludes halogenated alkanes) is 9. The second-order valence-electron chi connectivity index (χ2n) is 4.26. The number of hydrogen-bond acceptors (Lipinski definition) is 2. The van der Waals surface area contributed by atoms with E-state index in [9.17, 15) is 4.79 Å². The minimum atomic E-state index is 0.342. The highest BCUT2D eigenvalue weighted by atomic mass is 16.2. The largest absolute Gasteiger partial charge is 0.396 e. The Morgan fingerprint density at radius 3 is 1.75 bits per heavy atom. The third-order valence-corrected chi connectivity index (χ3v) is 2.74. The van der Waals surface area contributed by atoms with Crippen molar-refractivity contribution in [1.29, 1.82) is 0 Å². The Morgan fingerprint density at radius 1 is 0.750 bits per heavy atom. The molecule has 0 aromatic carbocycles. The van der Waals surface area contributed by atoms with Crippen molar-refractivity contribution in [3.8, 4) is 0 Å². The van der Waals surface area contributed by atoms with Gasteiger partial charge in [0.05, 0.1) is 0 Å². The Hall–Kier alpha value is -0.630. The second-order valence-corrected chi connectivity index (χ2v) is 4.26. The second kappa shape index (κ2) is 14.4. The maximum absolute atomic E-state index is 9.98. The molecule has 0 aliphatic carbocycles. The van der Waals surface area contributed by atoms with Gasteiger partial charge in [-0.15, -0.1) is 0 Å². The summed E-state index contributed by atoms with van der Waals surface area (Å²) < 4.78 is 0. The number of rotatable bonds is 12. The van der Waals surface area contributed by atoms with Gasteiger partial charge in [-0.05, 0) is 25.3 Å². The monoisotopic (exact) mass is 226 g/mol. The van der Waals surface area contributed by atoms with Gasteiger partial charge in [-0.2, -0.15) is 0 Å². The van der Waals surface area contributed by atoms with Crippen molar-refractivity contribution in [2.24, 2.45) is 0 Å². The predicted octanol–water partition coefficient (Wildman–Crippen LogP) is 3.63. The van der Waals surface area contributed by atoms with E-state index in [1.807, 2.05) is 6.08 Å². The van der Waals surface area contributed by atoms with Crippen molar-refractivity contribution >= 4 is 6.29 Å². The van der Waals surface area contributed by atoms with E-state index in [1.165, 1.54) is 51.4 Å². The number of carbonyl (C=O) groups is 1. The molecule has 0 fully saturated rings. The lowest BCUT2D eigenvalue weighted by molar-refractivity contribution is -0.104. The van der Waals surface area contributed by atoms with Gasteiger partial charge in [0.2, 0.25) is 0 Å². The lowest BCUT2D eigenvalue weighted by Gasteiger charge is -2.00. The van der Waals surface area contributed by atoms with E-state index >= 15 is 0 Å². The number of aldehydes is 1. The first kappa shape index (κ1) is 15.4. The van der Waals surface area contributed by atoms with Gasteiger partial charge < -0.3 is 5.11 Å². The first-order valence-electron chi connectivity index (χ1n) is 6.63. The van der Waals surface area contributed by atoms with Crippen LogP contribution in [0.4, 0.5) is 0 Å². The van der Waals surface area contributed by atoms with Gasteiger partial charge >= 0.3 is 0 Å². The van der Waals surface area contributed by atoms with Gasteiger partial charge in [0.15, 0.2) is 0 Å². The Balaban J connectivity index is 2.93. The molecule has 0 aliphatic rings. The molecule has 94 valence electrons. The summed E-state index contributed by atoms with van der Waals surface area (Å²) in [5.74, 6) is 0. The molecule has 0 atom stereocenters. The zero-order valence-electron chi connectivity index (χ0n) is 10.4. The summed E-state index contributed by atoms with van der Waals surface area (Å²) in [6, 6.07) is 0. The summed E-state index contributed by atoms with van der Waals surface area (Å²) in [6.45, 7) is 0.342. The van der Waals surface area contributed by atoms with E-state index in [0.29, 0.717) is 6.61 Å². The fraction of sp³-hybridized carbons (Fsp3) is 0.786. The lowest BCUT2D eigenvalue weighted by Crippen LogP contribution is -1.84. The first-order chi connectivity index (χ1) is 7.91. The van der Waals surface area contributed by atoms with Crippen LogP contribution in [0, 0.1) is 0 Å². The third-order valence-electron chi connectivity index (χ3n) is 2.74. The van der Waals surface area contributed by atoms with E-state index in [4.69, 9.17) is 5.11 Å². The van der Waals surface area contributed by atoms with E-state index in [-0.39, 0.29) is 0 Å². The zero-order valence-corrected chi connectivity index (χ0v) is 10.4. The number of hydrogen-bond donors (Lipinski definition) is 1. The van der Waals surface area contributed by atoms with E-state index in [2.05, 4.69) is 0 Å². The molecule has 0 heterocycles. The van der Waals surface area contributed by atoms with Crippen molar-refractivity contribution in [3.05, 3.63) is 12.2 Å². The fourth-order valence-electron chi connectivity index (χ4n) is 1.76. The fourth-order valence-corrected chi connectivity index (χ4v) is 1.76. The smallest absolute Gasteiger partial charge is 0.142 e. The summed E-state index contributed by atoms with van der Waals surface area (Å²) in [5.41, 5.74) is 0. The Kier molecular flexibility index (Phi) is 13.8. The topological polar surface area (TPSA) is 37.3 Å². The summed E-state index contributed by atoms with van der Waals surface area (Å²) in [7, 11) is 0. The van der Waals surface area contributed by atoms with Gasteiger partial charge in [0, 0.05) is 6.61 Å². The Morgan fingerprint density at radius 2 is 1.25 bits per heavy atom. The lowest BCUT2D eigenvalue weighted by atomic mass is 10.1. The van der Waals surface area contributed by atoms with E-state index in [0.717, 1.165) is 19.1 Å². The highest BCUT2D eigenvalue weighted by Gasteiger charge is 1.91. The maximum atomic E-state index is 9.98. The molecule has 0 radical (unpaired) electrons. The standard InChI is InChI=1S/C14H26O2/c15-13-11-9-7-5-3-1-2-4-6-8-10-12-14-16/h9,11,13,16H,1-8,10,12,14H2.